The van der Waals surface area contributed by atoms with Crippen LogP contribution in [0.4, 0.5) is 5.69 Å². The number of nitro groups is 1. The Balaban J connectivity index is 1.41. The van der Waals surface area contributed by atoms with Crippen molar-refractivity contribution in [2.24, 2.45) is 5.92 Å². The molecular formula is C38H49N5O6. The zero-order valence-electron chi connectivity index (χ0n) is 28.6. The van der Waals surface area contributed by atoms with Gasteiger partial charge in [0, 0.05) is 49.4 Å². The summed E-state index contributed by atoms with van der Waals surface area (Å²) in [5.74, 6) is -1.28. The van der Waals surface area contributed by atoms with Crippen molar-refractivity contribution in [3.8, 4) is 0 Å². The number of non-ortho nitro benzene ring substituents is 1. The van der Waals surface area contributed by atoms with Gasteiger partial charge in [-0.2, -0.15) is 0 Å². The molecule has 0 spiro atoms. The summed E-state index contributed by atoms with van der Waals surface area (Å²) in [6.45, 7) is 8.13. The number of piperidine rings is 1. The molecule has 3 N–H and O–H groups in total. The smallest absolute Gasteiger partial charge is 0.271 e. The van der Waals surface area contributed by atoms with Crippen LogP contribution in [0.15, 0.2) is 78.9 Å². The number of nitrogens with one attached hydrogen (secondary N) is 2. The predicted octanol–water partition coefficient (Wildman–Crippen LogP) is 4.98. The second kappa shape index (κ2) is 18.8. The predicted molar refractivity (Wildman–Crippen MR) is 189 cm³/mol. The molecule has 1 aliphatic heterocycles. The Hall–Kier alpha value is -4.61. The van der Waals surface area contributed by atoms with Crippen molar-refractivity contribution in [3.05, 3.63) is 111 Å². The average Bonchev–Trinajstić information content (AvgIpc) is 3.12. The zero-order chi connectivity index (χ0) is 35.2. The van der Waals surface area contributed by atoms with Gasteiger partial charge in [0.25, 0.3) is 23.4 Å². The fourth-order valence-electron chi connectivity index (χ4n) is 6.33. The molecule has 1 fully saturated rings. The van der Waals surface area contributed by atoms with Crippen LogP contribution in [0, 0.1) is 16.0 Å². The highest BCUT2D eigenvalue weighted by molar-refractivity contribution is 6.01. The Morgan fingerprint density at radius 1 is 0.918 bits per heavy atom. The van der Waals surface area contributed by atoms with Crippen molar-refractivity contribution in [3.63, 3.8) is 0 Å². The van der Waals surface area contributed by atoms with Crippen LogP contribution in [0.2, 0.25) is 0 Å². The lowest BCUT2D eigenvalue weighted by molar-refractivity contribution is -0.384. The Labute approximate surface area is 288 Å². The van der Waals surface area contributed by atoms with Gasteiger partial charge in [0.1, 0.15) is 0 Å². The first-order chi connectivity index (χ1) is 23.7. The second-order valence-electron chi connectivity index (χ2n) is 12.8. The highest BCUT2D eigenvalue weighted by Gasteiger charge is 2.30. The van der Waals surface area contributed by atoms with Crippen LogP contribution in [-0.2, 0) is 17.8 Å². The number of aliphatic hydroxyl groups excluding tert-OH is 1. The van der Waals surface area contributed by atoms with Crippen molar-refractivity contribution in [2.45, 2.75) is 71.1 Å². The molecule has 49 heavy (non-hydrogen) atoms. The third-order valence-corrected chi connectivity index (χ3v) is 8.98. The normalized spacial score (nSPS) is 14.8. The Morgan fingerprint density at radius 2 is 1.51 bits per heavy atom. The molecule has 0 bridgehead atoms. The molecule has 3 aromatic carbocycles. The topological polar surface area (TPSA) is 145 Å². The van der Waals surface area contributed by atoms with Gasteiger partial charge in [-0.05, 0) is 74.7 Å². The van der Waals surface area contributed by atoms with Crippen LogP contribution in [0.3, 0.4) is 0 Å². The van der Waals surface area contributed by atoms with Crippen LogP contribution < -0.4 is 10.6 Å². The first kappa shape index (κ1) is 37.2. The number of nitro benzene ring substituents is 1. The van der Waals surface area contributed by atoms with E-state index in [9.17, 15) is 29.6 Å². The van der Waals surface area contributed by atoms with Gasteiger partial charge in [0.2, 0.25) is 0 Å². The number of carbonyl (C=O) groups excluding carboxylic acids is 3. The quantitative estimate of drug-likeness (QED) is 0.136. The van der Waals surface area contributed by atoms with Crippen molar-refractivity contribution in [1.29, 1.82) is 0 Å². The molecule has 1 aliphatic rings. The maximum Gasteiger partial charge on any atom is 0.271 e. The molecule has 1 saturated heterocycles. The summed E-state index contributed by atoms with van der Waals surface area (Å²) in [6.07, 6.45) is 2.82. The van der Waals surface area contributed by atoms with Gasteiger partial charge < -0.3 is 20.6 Å². The summed E-state index contributed by atoms with van der Waals surface area (Å²) in [5, 5.41) is 28.6. The van der Waals surface area contributed by atoms with Crippen LogP contribution in [-0.4, -0.2) is 82.4 Å². The van der Waals surface area contributed by atoms with Gasteiger partial charge in [-0.15, -0.1) is 0 Å². The van der Waals surface area contributed by atoms with Crippen molar-refractivity contribution < 1.29 is 24.4 Å². The lowest BCUT2D eigenvalue weighted by Gasteiger charge is -2.32. The molecule has 4 rings (SSSR count). The minimum absolute atomic E-state index is 0.0325. The lowest BCUT2D eigenvalue weighted by Crippen LogP contribution is -2.52. The number of nitrogens with zero attached hydrogens (tertiary/aromatic N) is 3. The summed E-state index contributed by atoms with van der Waals surface area (Å²) >= 11 is 0. The number of benzene rings is 3. The highest BCUT2D eigenvalue weighted by atomic mass is 16.6. The number of aliphatic hydroxyl groups is 1. The maximum absolute atomic E-state index is 13.6. The van der Waals surface area contributed by atoms with E-state index < -0.39 is 40.5 Å². The number of amides is 3. The van der Waals surface area contributed by atoms with Gasteiger partial charge in [-0.25, -0.2) is 0 Å². The molecule has 0 saturated carbocycles. The van der Waals surface area contributed by atoms with E-state index in [-0.39, 0.29) is 17.5 Å². The van der Waals surface area contributed by atoms with E-state index in [1.54, 1.807) is 4.90 Å². The first-order valence-electron chi connectivity index (χ1n) is 17.3. The summed E-state index contributed by atoms with van der Waals surface area (Å²) in [7, 11) is 0. The Bertz CT molecular complexity index is 1520. The molecule has 262 valence electrons. The monoisotopic (exact) mass is 671 g/mol. The average molecular weight is 672 g/mol. The lowest BCUT2D eigenvalue weighted by atomic mass is 9.93. The van der Waals surface area contributed by atoms with E-state index in [0.29, 0.717) is 38.4 Å². The Morgan fingerprint density at radius 3 is 2.10 bits per heavy atom. The number of hydrogen-bond acceptors (Lipinski definition) is 7. The summed E-state index contributed by atoms with van der Waals surface area (Å²) in [5.41, 5.74) is 1.61. The van der Waals surface area contributed by atoms with E-state index in [2.05, 4.69) is 39.8 Å². The maximum atomic E-state index is 13.6. The SMILES string of the molecule is CCCN(CCC)C(=O)c1cc(C(=O)N[C@@H](Cc2ccccc2)C(O)C(=O)NCCC2CCN(Cc3ccccc3)CC2)cc([N+](=O)[O-])c1. The van der Waals surface area contributed by atoms with E-state index in [4.69, 9.17) is 0 Å². The minimum Gasteiger partial charge on any atom is -0.381 e. The van der Waals surface area contributed by atoms with E-state index in [1.165, 1.54) is 17.7 Å². The molecule has 2 atom stereocenters. The third kappa shape index (κ3) is 11.2. The standard InChI is InChI=1S/C38H49N5O6/c1-3-19-42(20-4-2)38(47)32-24-31(25-33(26-32)43(48)49)36(45)40-34(23-29-11-7-5-8-12-29)35(44)37(46)39-18-15-28-16-21-41(22-17-28)27-30-13-9-6-10-14-30/h5-14,24-26,28,34-35,44H,3-4,15-23,27H2,1-2H3,(H,39,46)(H,40,45)/t34-,35?/m0/s1. The molecule has 1 heterocycles. The van der Waals surface area contributed by atoms with Crippen LogP contribution in [0.25, 0.3) is 0 Å². The zero-order valence-corrected chi connectivity index (χ0v) is 28.6. The highest BCUT2D eigenvalue weighted by Crippen LogP contribution is 2.22. The first-order valence-corrected chi connectivity index (χ1v) is 17.3. The van der Waals surface area contributed by atoms with Crippen LogP contribution in [0.5, 0.6) is 0 Å². The van der Waals surface area contributed by atoms with Crippen LogP contribution in [0.1, 0.15) is 77.8 Å². The largest absolute Gasteiger partial charge is 0.381 e. The third-order valence-electron chi connectivity index (χ3n) is 8.98. The molecule has 0 aromatic heterocycles. The van der Waals surface area contributed by atoms with Gasteiger partial charge in [-0.1, -0.05) is 74.5 Å². The summed E-state index contributed by atoms with van der Waals surface area (Å²) < 4.78 is 0. The molecule has 0 radical (unpaired) electrons. The molecule has 0 aliphatic carbocycles. The second-order valence-corrected chi connectivity index (χ2v) is 12.8. The summed E-state index contributed by atoms with van der Waals surface area (Å²) in [6, 6.07) is 22.1. The van der Waals surface area contributed by atoms with Gasteiger partial charge in [0.05, 0.1) is 11.0 Å². The summed E-state index contributed by atoms with van der Waals surface area (Å²) in [4.78, 5) is 55.3. The molecule has 1 unspecified atom stereocenters. The van der Waals surface area contributed by atoms with E-state index in [1.807, 2.05) is 50.2 Å². The molecule has 11 heteroatoms. The van der Waals surface area contributed by atoms with Crippen LogP contribution >= 0.6 is 0 Å². The molecule has 3 amide bonds. The number of likely N-dealkylation sites (tertiary alicyclic amines) is 1. The van der Waals surface area contributed by atoms with Gasteiger partial charge >= 0.3 is 0 Å². The van der Waals surface area contributed by atoms with E-state index >= 15 is 0 Å². The number of hydrogen-bond donors (Lipinski definition) is 3. The number of carbonyl (C=O) groups is 3. The fourth-order valence-corrected chi connectivity index (χ4v) is 6.33. The Kier molecular flexibility index (Phi) is 14.3. The minimum atomic E-state index is -1.58. The van der Waals surface area contributed by atoms with Gasteiger partial charge in [0.15, 0.2) is 6.10 Å². The van der Waals surface area contributed by atoms with Crippen molar-refractivity contribution >= 4 is 23.4 Å². The van der Waals surface area contributed by atoms with Crippen molar-refractivity contribution in [1.82, 2.24) is 20.4 Å². The van der Waals surface area contributed by atoms with Crippen molar-refractivity contribution in [2.75, 3.05) is 32.7 Å². The molecule has 3 aromatic rings. The molecular weight excluding hydrogens is 622 g/mol. The molecule has 11 nitrogen and oxygen atoms in total. The number of rotatable bonds is 17. The van der Waals surface area contributed by atoms with Gasteiger partial charge in [-0.3, -0.25) is 29.4 Å². The fraction of sp³-hybridized carbons (Fsp3) is 0.447. The van der Waals surface area contributed by atoms with E-state index in [0.717, 1.165) is 50.5 Å².